The number of ether oxygens (including phenoxy) is 1. The average Bonchev–Trinajstić information content (AvgIpc) is 3.37. The fourth-order valence-electron chi connectivity index (χ4n) is 4.38. The Kier molecular flexibility index (Phi) is 4.98. The third kappa shape index (κ3) is 3.17. The Labute approximate surface area is 194 Å². The maximum Gasteiger partial charge on any atom is 0.413 e. The predicted octanol–water partition coefficient (Wildman–Crippen LogP) is 3.54. The van der Waals surface area contributed by atoms with Gasteiger partial charge in [-0.1, -0.05) is 42.5 Å². The molecule has 3 N–H and O–H groups in total. The van der Waals surface area contributed by atoms with Crippen LogP contribution in [0, 0.1) is 0 Å². The van der Waals surface area contributed by atoms with E-state index in [-0.39, 0.29) is 18.4 Å². The van der Waals surface area contributed by atoms with Gasteiger partial charge in [0, 0.05) is 29.3 Å². The van der Waals surface area contributed by atoms with Gasteiger partial charge in [-0.2, -0.15) is 0 Å². The van der Waals surface area contributed by atoms with Crippen LogP contribution in [0.4, 0.5) is 10.7 Å². The first-order chi connectivity index (χ1) is 16.3. The van der Waals surface area contributed by atoms with Gasteiger partial charge in [-0.15, -0.1) is 0 Å². The molecule has 34 heavy (non-hydrogen) atoms. The minimum absolute atomic E-state index is 0.113. The van der Waals surface area contributed by atoms with E-state index < -0.39 is 11.8 Å². The number of para-hydroxylation sites is 1. The van der Waals surface area contributed by atoms with E-state index in [0.29, 0.717) is 33.5 Å². The number of hydrogen-bond acceptors (Lipinski definition) is 5. The van der Waals surface area contributed by atoms with Crippen LogP contribution in [-0.2, 0) is 12.3 Å². The van der Waals surface area contributed by atoms with Gasteiger partial charge >= 0.3 is 6.09 Å². The number of benzene rings is 3. The van der Waals surface area contributed by atoms with E-state index in [1.165, 1.54) is 11.9 Å². The largest absolute Gasteiger partial charge is 0.496 e. The first-order valence-corrected chi connectivity index (χ1v) is 10.6. The fourth-order valence-corrected chi connectivity index (χ4v) is 4.38. The molecule has 1 unspecified atom stereocenters. The lowest BCUT2D eigenvalue weighted by atomic mass is 9.93. The van der Waals surface area contributed by atoms with Gasteiger partial charge in [0.1, 0.15) is 5.75 Å². The van der Waals surface area contributed by atoms with Crippen LogP contribution in [0.2, 0.25) is 0 Å². The maximum atomic E-state index is 13.5. The molecule has 0 spiro atoms. The van der Waals surface area contributed by atoms with Gasteiger partial charge < -0.3 is 19.9 Å². The van der Waals surface area contributed by atoms with Crippen molar-refractivity contribution in [2.45, 2.75) is 12.3 Å². The summed E-state index contributed by atoms with van der Waals surface area (Å²) in [6.07, 6.45) is -1.16. The molecule has 1 atom stereocenters. The molecule has 0 radical (unpaired) electrons. The van der Waals surface area contributed by atoms with E-state index >= 15 is 0 Å². The van der Waals surface area contributed by atoms with Crippen LogP contribution in [0.5, 0.6) is 5.75 Å². The summed E-state index contributed by atoms with van der Waals surface area (Å²) in [4.78, 5) is 34.4. The van der Waals surface area contributed by atoms with Crippen molar-refractivity contribution in [1.82, 2.24) is 14.9 Å². The zero-order valence-corrected chi connectivity index (χ0v) is 18.5. The lowest BCUT2D eigenvalue weighted by molar-refractivity contribution is -0.0544. The normalized spacial score (nSPS) is 17.1. The summed E-state index contributed by atoms with van der Waals surface area (Å²) in [6.45, 7) is 0.113. The van der Waals surface area contributed by atoms with Crippen LogP contribution in [-0.4, -0.2) is 51.2 Å². The predicted molar refractivity (Wildman–Crippen MR) is 125 cm³/mol. The molecule has 2 heterocycles. The van der Waals surface area contributed by atoms with Gasteiger partial charge in [0.15, 0.2) is 5.72 Å². The lowest BCUT2D eigenvalue weighted by Gasteiger charge is -2.35. The number of nitrogens with one attached hydrogen (secondary N) is 1. The number of amides is 2. The van der Waals surface area contributed by atoms with Crippen LogP contribution in [0.25, 0.3) is 11.0 Å². The number of fused-ring (bicyclic) bond motifs is 2. The summed E-state index contributed by atoms with van der Waals surface area (Å²) in [5.41, 5.74) is 1.38. The number of hydrogen-bond donors (Lipinski definition) is 3. The molecule has 0 bridgehead atoms. The maximum absolute atomic E-state index is 13.5. The first kappa shape index (κ1) is 21.5. The minimum atomic E-state index is -1.76. The highest BCUT2D eigenvalue weighted by Crippen LogP contribution is 2.44. The van der Waals surface area contributed by atoms with Crippen molar-refractivity contribution >= 4 is 29.0 Å². The highest BCUT2D eigenvalue weighted by Gasteiger charge is 2.50. The van der Waals surface area contributed by atoms with Crippen molar-refractivity contribution in [1.29, 1.82) is 0 Å². The molecule has 4 aromatic rings. The van der Waals surface area contributed by atoms with Crippen LogP contribution < -0.4 is 9.64 Å². The van der Waals surface area contributed by atoms with Crippen molar-refractivity contribution in [3.63, 3.8) is 0 Å². The molecule has 1 aliphatic heterocycles. The highest BCUT2D eigenvalue weighted by molar-refractivity contribution is 6.00. The van der Waals surface area contributed by atoms with Gasteiger partial charge in [0.05, 0.1) is 24.7 Å². The number of nitrogens with zero attached hydrogens (tertiary/aromatic N) is 3. The van der Waals surface area contributed by atoms with Gasteiger partial charge in [0.25, 0.3) is 5.91 Å². The monoisotopic (exact) mass is 458 g/mol. The van der Waals surface area contributed by atoms with Gasteiger partial charge in [-0.25, -0.2) is 9.78 Å². The van der Waals surface area contributed by atoms with E-state index in [9.17, 15) is 19.8 Å². The number of carbonyl (C=O) groups is 2. The summed E-state index contributed by atoms with van der Waals surface area (Å²) >= 11 is 0. The second kappa shape index (κ2) is 7.89. The van der Waals surface area contributed by atoms with E-state index in [1.807, 2.05) is 18.2 Å². The number of anilines is 1. The first-order valence-electron chi connectivity index (χ1n) is 10.6. The average molecular weight is 458 g/mol. The molecule has 0 fully saturated rings. The summed E-state index contributed by atoms with van der Waals surface area (Å²) in [5, 5.41) is 21.4. The fraction of sp³-hybridized carbons (Fsp3) is 0.160. The smallest absolute Gasteiger partial charge is 0.413 e. The summed E-state index contributed by atoms with van der Waals surface area (Å²) in [6, 6.07) is 19.4. The Hall–Kier alpha value is -4.37. The summed E-state index contributed by atoms with van der Waals surface area (Å²) in [7, 11) is 2.94. The number of rotatable bonds is 5. The van der Waals surface area contributed by atoms with Crippen LogP contribution in [0.15, 0.2) is 66.7 Å². The van der Waals surface area contributed by atoms with Crippen molar-refractivity contribution in [2.24, 2.45) is 0 Å². The van der Waals surface area contributed by atoms with Crippen LogP contribution in [0.1, 0.15) is 27.0 Å². The number of imidazole rings is 1. The highest BCUT2D eigenvalue weighted by atomic mass is 16.5. The topological polar surface area (TPSA) is 119 Å². The number of carboxylic acid groups (broad SMARTS) is 1. The molecular weight excluding hydrogens is 436 g/mol. The number of carbonyl (C=O) groups excluding carboxylic acids is 1. The summed E-state index contributed by atoms with van der Waals surface area (Å²) in [5.74, 6) is 0.458. The number of methoxy groups -OCH3 is 1. The van der Waals surface area contributed by atoms with Gasteiger partial charge in [-0.3, -0.25) is 14.6 Å². The Morgan fingerprint density at radius 2 is 1.88 bits per heavy atom. The van der Waals surface area contributed by atoms with Crippen molar-refractivity contribution in [3.8, 4) is 5.75 Å². The number of aliphatic hydroxyl groups is 1. The molecule has 1 aliphatic rings. The second-order valence-electron chi connectivity index (χ2n) is 8.05. The second-order valence-corrected chi connectivity index (χ2v) is 8.05. The number of aromatic nitrogens is 2. The van der Waals surface area contributed by atoms with E-state index in [4.69, 9.17) is 4.74 Å². The Bertz CT molecular complexity index is 1430. The van der Waals surface area contributed by atoms with Crippen molar-refractivity contribution < 1.29 is 24.5 Å². The van der Waals surface area contributed by atoms with E-state index in [0.717, 1.165) is 10.5 Å². The van der Waals surface area contributed by atoms with Crippen LogP contribution in [0.3, 0.4) is 0 Å². The molecule has 9 nitrogen and oxygen atoms in total. The third-order valence-electron chi connectivity index (χ3n) is 6.17. The molecule has 0 saturated heterocycles. The van der Waals surface area contributed by atoms with Crippen molar-refractivity contribution in [2.75, 3.05) is 19.1 Å². The Morgan fingerprint density at radius 1 is 1.15 bits per heavy atom. The number of H-pyrrole nitrogens is 1. The molecule has 5 rings (SSSR count). The molecule has 172 valence electrons. The molecule has 1 aromatic heterocycles. The molecular formula is C25H22N4O5. The van der Waals surface area contributed by atoms with Crippen LogP contribution >= 0.6 is 0 Å². The lowest BCUT2D eigenvalue weighted by Crippen LogP contribution is -2.44. The number of aromatic amines is 1. The molecule has 3 aromatic carbocycles. The quantitative estimate of drug-likeness (QED) is 0.421. The molecule has 0 saturated carbocycles. The zero-order chi connectivity index (χ0) is 24.0. The molecule has 9 heteroatoms. The third-order valence-corrected chi connectivity index (χ3v) is 6.17. The van der Waals surface area contributed by atoms with E-state index in [2.05, 4.69) is 9.97 Å². The molecule has 2 amide bonds. The van der Waals surface area contributed by atoms with Crippen molar-refractivity contribution in [3.05, 3.63) is 89.0 Å². The standard InChI is InChI=1S/C25H22N4O5/c1-28(24(31)32)23-26-19-12-11-16(13-20(19)27-23)25(33)18-9-5-4-8-17(18)22(30)29(25)14-15-7-3-6-10-21(15)34-2/h3-13,33H,14H2,1-2H3,(H,26,27)(H,31,32). The van der Waals surface area contributed by atoms with E-state index in [1.54, 1.807) is 55.6 Å². The minimum Gasteiger partial charge on any atom is -0.496 e. The zero-order valence-electron chi connectivity index (χ0n) is 18.5. The van der Waals surface area contributed by atoms with Gasteiger partial charge in [-0.05, 0) is 24.3 Å². The van der Waals surface area contributed by atoms with Gasteiger partial charge in [0.2, 0.25) is 5.95 Å². The SMILES string of the molecule is COc1ccccc1CN1C(=O)c2ccccc2C1(O)c1ccc2nc(N(C)C(=O)O)[nH]c2c1. The Balaban J connectivity index is 1.65. The summed E-state index contributed by atoms with van der Waals surface area (Å²) < 4.78 is 5.46. The molecule has 0 aliphatic carbocycles. The Morgan fingerprint density at radius 3 is 2.65 bits per heavy atom.